The van der Waals surface area contributed by atoms with Gasteiger partial charge in [0.2, 0.25) is 5.13 Å². The van der Waals surface area contributed by atoms with E-state index in [2.05, 4.69) is 34.5 Å². The molecule has 4 aromatic carbocycles. The number of rotatable bonds is 9. The molecule has 1 aromatic heterocycles. The molecule has 0 saturated carbocycles. The Kier molecular flexibility index (Phi) is 8.33. The molecule has 46 heavy (non-hydrogen) atoms. The highest BCUT2D eigenvalue weighted by Crippen LogP contribution is 2.45. The van der Waals surface area contributed by atoms with Gasteiger partial charge in [-0.15, -0.1) is 10.2 Å². The van der Waals surface area contributed by atoms with Crippen molar-refractivity contribution in [1.29, 1.82) is 0 Å². The lowest BCUT2D eigenvalue weighted by Gasteiger charge is -2.23. The Morgan fingerprint density at radius 3 is 2.65 bits per heavy atom. The van der Waals surface area contributed by atoms with Crippen LogP contribution in [0.5, 0.6) is 17.2 Å². The van der Waals surface area contributed by atoms with Crippen LogP contribution in [0.4, 0.5) is 5.13 Å². The van der Waals surface area contributed by atoms with Crippen LogP contribution in [0.2, 0.25) is 0 Å². The van der Waals surface area contributed by atoms with Crippen molar-refractivity contribution in [2.24, 2.45) is 0 Å². The third-order valence-corrected chi connectivity index (χ3v) is 9.84. The van der Waals surface area contributed by atoms with E-state index in [1.165, 1.54) is 28.0 Å². The molecule has 1 N–H and O–H groups in total. The van der Waals surface area contributed by atoms with E-state index < -0.39 is 17.7 Å². The number of carbonyl (C=O) groups excluding carboxylic acids is 2. The number of hydrogen-bond acceptors (Lipinski definition) is 10. The van der Waals surface area contributed by atoms with Crippen molar-refractivity contribution >= 4 is 56.5 Å². The van der Waals surface area contributed by atoms with Crippen LogP contribution in [0, 0.1) is 0 Å². The van der Waals surface area contributed by atoms with Crippen LogP contribution in [0.25, 0.3) is 16.5 Å². The number of fused-ring (bicyclic) bond motifs is 2. The van der Waals surface area contributed by atoms with E-state index in [1.54, 1.807) is 36.4 Å². The Hall–Kier alpha value is -4.87. The summed E-state index contributed by atoms with van der Waals surface area (Å²) in [7, 11) is 0. The first kappa shape index (κ1) is 29.8. The highest BCUT2D eigenvalue weighted by atomic mass is 32.2. The minimum absolute atomic E-state index is 0.0607. The summed E-state index contributed by atoms with van der Waals surface area (Å²) in [5, 5.41) is 22.9. The maximum atomic E-state index is 13.7. The van der Waals surface area contributed by atoms with Crippen LogP contribution in [0.1, 0.15) is 36.1 Å². The zero-order valence-corrected chi connectivity index (χ0v) is 26.5. The van der Waals surface area contributed by atoms with Gasteiger partial charge in [-0.2, -0.15) is 0 Å². The van der Waals surface area contributed by atoms with Crippen molar-refractivity contribution < 1.29 is 28.9 Å². The van der Waals surface area contributed by atoms with E-state index in [9.17, 15) is 14.7 Å². The van der Waals surface area contributed by atoms with Gasteiger partial charge in [-0.3, -0.25) is 14.5 Å². The fourth-order valence-corrected chi connectivity index (χ4v) is 7.47. The van der Waals surface area contributed by atoms with E-state index in [4.69, 9.17) is 14.2 Å². The largest absolute Gasteiger partial charge is 0.507 e. The summed E-state index contributed by atoms with van der Waals surface area (Å²) in [5.74, 6) is 0.295. The smallest absolute Gasteiger partial charge is 0.301 e. The summed E-state index contributed by atoms with van der Waals surface area (Å²) in [6, 6.07) is 25.6. The van der Waals surface area contributed by atoms with Gasteiger partial charge in [0, 0.05) is 11.3 Å². The minimum Gasteiger partial charge on any atom is -0.507 e. The van der Waals surface area contributed by atoms with Gasteiger partial charge < -0.3 is 19.3 Å². The van der Waals surface area contributed by atoms with Gasteiger partial charge >= 0.3 is 5.91 Å². The zero-order chi connectivity index (χ0) is 31.6. The molecule has 7 rings (SSSR count). The third kappa shape index (κ3) is 5.67. The maximum absolute atomic E-state index is 13.7. The van der Waals surface area contributed by atoms with Crippen molar-refractivity contribution in [2.45, 2.75) is 29.5 Å². The van der Waals surface area contributed by atoms with Crippen molar-refractivity contribution in [1.82, 2.24) is 10.2 Å². The number of hydrogen-bond donors (Lipinski definition) is 1. The second-order valence-electron chi connectivity index (χ2n) is 10.7. The van der Waals surface area contributed by atoms with Crippen molar-refractivity contribution in [3.8, 4) is 17.2 Å². The molecular formula is C35H29N3O6S2. The molecule has 5 aromatic rings. The first-order valence-corrected chi connectivity index (χ1v) is 16.7. The molecule has 232 valence electrons. The summed E-state index contributed by atoms with van der Waals surface area (Å²) in [5.41, 5.74) is 2.01. The van der Waals surface area contributed by atoms with Crippen molar-refractivity contribution in [3.05, 3.63) is 107 Å². The Balaban J connectivity index is 1.26. The second kappa shape index (κ2) is 12.9. The monoisotopic (exact) mass is 651 g/mol. The first-order valence-electron chi connectivity index (χ1n) is 14.9. The SMILES string of the molecule is CCCOc1cccc([C@H]2/C(=C(\O)c3ccc4c(c3)OCCO4)C(=O)C(=O)N2c2nnc(SCc3cccc4ccccc34)s2)c1. The van der Waals surface area contributed by atoms with E-state index in [0.29, 0.717) is 58.3 Å². The second-order valence-corrected chi connectivity index (χ2v) is 12.9. The topological polar surface area (TPSA) is 111 Å². The molecule has 2 aliphatic heterocycles. The quantitative estimate of drug-likeness (QED) is 0.0583. The molecule has 1 atom stereocenters. The predicted molar refractivity (Wildman–Crippen MR) is 178 cm³/mol. The van der Waals surface area contributed by atoms with Crippen molar-refractivity contribution in [3.63, 3.8) is 0 Å². The molecule has 9 nitrogen and oxygen atoms in total. The average molecular weight is 652 g/mol. The molecule has 0 aliphatic carbocycles. The molecule has 0 spiro atoms. The molecule has 0 bridgehead atoms. The number of nitrogens with zero attached hydrogens (tertiary/aromatic N) is 3. The van der Waals surface area contributed by atoms with Gasteiger partial charge in [0.15, 0.2) is 15.8 Å². The summed E-state index contributed by atoms with van der Waals surface area (Å²) in [4.78, 5) is 28.8. The van der Waals surface area contributed by atoms with Crippen LogP contribution in [-0.4, -0.2) is 46.8 Å². The van der Waals surface area contributed by atoms with Crippen LogP contribution in [0.15, 0.2) is 94.8 Å². The molecule has 1 fully saturated rings. The van der Waals surface area contributed by atoms with Gasteiger partial charge in [0.05, 0.1) is 18.2 Å². The van der Waals surface area contributed by atoms with E-state index in [-0.39, 0.29) is 16.5 Å². The molecule has 0 radical (unpaired) electrons. The first-order chi connectivity index (χ1) is 22.5. The number of ketones is 1. The van der Waals surface area contributed by atoms with Gasteiger partial charge in [-0.25, -0.2) is 0 Å². The van der Waals surface area contributed by atoms with E-state index >= 15 is 0 Å². The average Bonchev–Trinajstić information content (AvgIpc) is 3.67. The van der Waals surface area contributed by atoms with Crippen LogP contribution in [-0.2, 0) is 15.3 Å². The number of amides is 1. The molecule has 1 saturated heterocycles. The third-order valence-electron chi connectivity index (χ3n) is 7.74. The van der Waals surface area contributed by atoms with Crippen molar-refractivity contribution in [2.75, 3.05) is 24.7 Å². The Morgan fingerprint density at radius 1 is 0.978 bits per heavy atom. The lowest BCUT2D eigenvalue weighted by Crippen LogP contribution is -2.29. The fourth-order valence-electron chi connectivity index (χ4n) is 5.60. The van der Waals surface area contributed by atoms with Crippen LogP contribution >= 0.6 is 23.1 Å². The Bertz CT molecular complexity index is 1990. The molecule has 0 unspecified atom stereocenters. The lowest BCUT2D eigenvalue weighted by molar-refractivity contribution is -0.132. The number of aromatic nitrogens is 2. The summed E-state index contributed by atoms with van der Waals surface area (Å²) < 4.78 is 17.9. The Morgan fingerprint density at radius 2 is 1.78 bits per heavy atom. The molecule has 11 heteroatoms. The molecular weight excluding hydrogens is 623 g/mol. The highest BCUT2D eigenvalue weighted by Gasteiger charge is 2.48. The maximum Gasteiger partial charge on any atom is 0.301 e. The van der Waals surface area contributed by atoms with Crippen LogP contribution < -0.4 is 19.1 Å². The lowest BCUT2D eigenvalue weighted by atomic mass is 9.95. The Labute approximate surface area is 273 Å². The number of thioether (sulfide) groups is 1. The number of Topliss-reactive ketones (excluding diaryl/α,β-unsaturated/α-hetero) is 1. The number of benzene rings is 4. The summed E-state index contributed by atoms with van der Waals surface area (Å²) >= 11 is 2.74. The number of aliphatic hydroxyl groups is 1. The fraction of sp³-hybridized carbons (Fsp3) is 0.200. The standard InChI is InChI=1S/C35H29N3O6S2/c1-2-15-42-25-11-6-9-22(18-25)30-29(31(39)23-13-14-27-28(19-23)44-17-16-43-27)32(40)33(41)38(30)34-36-37-35(46-34)45-20-24-10-5-8-21-7-3-4-12-26(21)24/h3-14,18-19,30,39H,2,15-17,20H2,1H3/b31-29+/t30-/m0/s1. The number of anilines is 1. The summed E-state index contributed by atoms with van der Waals surface area (Å²) in [6.45, 7) is 3.31. The molecule has 3 heterocycles. The van der Waals surface area contributed by atoms with E-state index in [1.807, 2.05) is 31.2 Å². The van der Waals surface area contributed by atoms with Crippen LogP contribution in [0.3, 0.4) is 0 Å². The number of ether oxygens (including phenoxy) is 3. The normalized spacial score (nSPS) is 17.1. The van der Waals surface area contributed by atoms with Gasteiger partial charge in [0.25, 0.3) is 5.78 Å². The molecule has 1 amide bonds. The molecule has 2 aliphatic rings. The number of aliphatic hydroxyl groups excluding tert-OH is 1. The van der Waals surface area contributed by atoms with Gasteiger partial charge in [0.1, 0.15) is 24.7 Å². The predicted octanol–water partition coefficient (Wildman–Crippen LogP) is 7.17. The van der Waals surface area contributed by atoms with Gasteiger partial charge in [-0.1, -0.05) is 84.6 Å². The van der Waals surface area contributed by atoms with E-state index in [0.717, 1.165) is 22.8 Å². The number of carbonyl (C=O) groups is 2. The highest BCUT2D eigenvalue weighted by molar-refractivity contribution is 8.00. The zero-order valence-electron chi connectivity index (χ0n) is 24.8. The minimum atomic E-state index is -0.970. The van der Waals surface area contributed by atoms with Gasteiger partial charge in [-0.05, 0) is 58.7 Å². The summed E-state index contributed by atoms with van der Waals surface area (Å²) in [6.07, 6.45) is 0.816.